The zero-order valence-corrected chi connectivity index (χ0v) is 17.7. The van der Waals surface area contributed by atoms with Gasteiger partial charge in [0.1, 0.15) is 0 Å². The Morgan fingerprint density at radius 3 is 2.47 bits per heavy atom. The summed E-state index contributed by atoms with van der Waals surface area (Å²) in [5, 5.41) is 20.6. The molecule has 1 aromatic heterocycles. The van der Waals surface area contributed by atoms with Crippen molar-refractivity contribution in [1.29, 1.82) is 0 Å². The molecule has 0 spiro atoms. The van der Waals surface area contributed by atoms with E-state index in [1.54, 1.807) is 41.4 Å². The molecule has 0 unspecified atom stereocenters. The maximum atomic E-state index is 13.2. The third kappa shape index (κ3) is 4.99. The fourth-order valence-electron chi connectivity index (χ4n) is 4.65. The summed E-state index contributed by atoms with van der Waals surface area (Å²) in [6.07, 6.45) is 5.66. The van der Waals surface area contributed by atoms with Gasteiger partial charge in [-0.1, -0.05) is 0 Å². The molecule has 166 valence electrons. The largest absolute Gasteiger partial charge is 0.396 e. The van der Waals surface area contributed by atoms with E-state index in [2.05, 4.69) is 4.98 Å². The smallest absolute Gasteiger partial charge is 0.253 e. The number of hydrogen-bond donors (Lipinski definition) is 2. The summed E-state index contributed by atoms with van der Waals surface area (Å²) in [5.74, 6) is -0.0820. The number of ether oxygens (including phenoxy) is 1. The minimum absolute atomic E-state index is 0.0261. The molecule has 2 aliphatic heterocycles. The van der Waals surface area contributed by atoms with Crippen molar-refractivity contribution >= 4 is 11.8 Å². The summed E-state index contributed by atoms with van der Waals surface area (Å²) in [6, 6.07) is 3.41. The van der Waals surface area contributed by atoms with Crippen LogP contribution in [0.25, 0.3) is 0 Å². The monoisotopic (exact) mass is 419 g/mol. The highest BCUT2D eigenvalue weighted by molar-refractivity contribution is 5.94. The molecule has 0 aromatic carbocycles. The molecule has 2 atom stereocenters. The van der Waals surface area contributed by atoms with E-state index in [1.165, 1.54) is 0 Å². The SMILES string of the molecule is COCCC[C@@]1(CO)CN(C(=O)C2CCN(C(=O)c3ccncc3)CC2)CC[C@H]1O. The van der Waals surface area contributed by atoms with Gasteiger partial charge in [-0.05, 0) is 44.2 Å². The Kier molecular flexibility index (Phi) is 7.80. The molecule has 3 heterocycles. The van der Waals surface area contributed by atoms with E-state index in [-0.39, 0.29) is 24.3 Å². The van der Waals surface area contributed by atoms with E-state index in [4.69, 9.17) is 4.74 Å². The van der Waals surface area contributed by atoms with Crippen molar-refractivity contribution in [3.8, 4) is 0 Å². The first-order chi connectivity index (χ1) is 14.5. The Labute approximate surface area is 177 Å². The molecule has 2 saturated heterocycles. The molecule has 2 amide bonds. The lowest BCUT2D eigenvalue weighted by atomic mass is 9.74. The van der Waals surface area contributed by atoms with Crippen molar-refractivity contribution in [2.24, 2.45) is 11.3 Å². The second-order valence-corrected chi connectivity index (χ2v) is 8.48. The maximum Gasteiger partial charge on any atom is 0.253 e. The number of rotatable bonds is 7. The predicted octanol–water partition coefficient (Wildman–Crippen LogP) is 0.932. The van der Waals surface area contributed by atoms with Crippen LogP contribution in [0.3, 0.4) is 0 Å². The molecule has 2 fully saturated rings. The molecule has 0 radical (unpaired) electrons. The number of amides is 2. The zero-order chi connectivity index (χ0) is 21.6. The van der Waals surface area contributed by atoms with Crippen LogP contribution in [-0.2, 0) is 9.53 Å². The Bertz CT molecular complexity index is 708. The topological polar surface area (TPSA) is 103 Å². The third-order valence-electron chi connectivity index (χ3n) is 6.59. The molecule has 2 aliphatic rings. The van der Waals surface area contributed by atoms with Gasteiger partial charge in [-0.3, -0.25) is 14.6 Å². The Hall–Kier alpha value is -2.03. The van der Waals surface area contributed by atoms with Crippen molar-refractivity contribution in [1.82, 2.24) is 14.8 Å². The van der Waals surface area contributed by atoms with Crippen molar-refractivity contribution in [2.75, 3.05) is 46.5 Å². The molecular weight excluding hydrogens is 386 g/mol. The number of aliphatic hydroxyl groups excluding tert-OH is 2. The second-order valence-electron chi connectivity index (χ2n) is 8.48. The summed E-state index contributed by atoms with van der Waals surface area (Å²) in [6.45, 7) is 2.37. The van der Waals surface area contributed by atoms with Crippen molar-refractivity contribution in [2.45, 2.75) is 38.2 Å². The number of likely N-dealkylation sites (tertiary alicyclic amines) is 2. The fraction of sp³-hybridized carbons (Fsp3) is 0.682. The number of aromatic nitrogens is 1. The number of hydrogen-bond acceptors (Lipinski definition) is 6. The summed E-state index contributed by atoms with van der Waals surface area (Å²) in [4.78, 5) is 33.3. The van der Waals surface area contributed by atoms with Gasteiger partial charge < -0.3 is 24.7 Å². The highest BCUT2D eigenvalue weighted by atomic mass is 16.5. The van der Waals surface area contributed by atoms with Gasteiger partial charge in [0.15, 0.2) is 0 Å². The molecule has 30 heavy (non-hydrogen) atoms. The Balaban J connectivity index is 1.57. The quantitative estimate of drug-likeness (QED) is 0.638. The van der Waals surface area contributed by atoms with E-state index in [0.29, 0.717) is 64.0 Å². The first-order valence-electron chi connectivity index (χ1n) is 10.8. The minimum Gasteiger partial charge on any atom is -0.396 e. The summed E-state index contributed by atoms with van der Waals surface area (Å²) in [5.41, 5.74) is -0.0756. The van der Waals surface area contributed by atoms with Crippen molar-refractivity contribution in [3.05, 3.63) is 30.1 Å². The fourth-order valence-corrected chi connectivity index (χ4v) is 4.65. The average molecular weight is 420 g/mol. The third-order valence-corrected chi connectivity index (χ3v) is 6.59. The molecule has 8 heteroatoms. The molecule has 0 aliphatic carbocycles. The highest BCUT2D eigenvalue weighted by Gasteiger charge is 2.44. The van der Waals surface area contributed by atoms with Gasteiger partial charge in [-0.25, -0.2) is 0 Å². The zero-order valence-electron chi connectivity index (χ0n) is 17.7. The van der Waals surface area contributed by atoms with Gasteiger partial charge in [0.2, 0.25) is 5.91 Å². The lowest BCUT2D eigenvalue weighted by Gasteiger charge is -2.46. The van der Waals surface area contributed by atoms with Crippen molar-refractivity contribution in [3.63, 3.8) is 0 Å². The van der Waals surface area contributed by atoms with E-state index >= 15 is 0 Å². The molecule has 8 nitrogen and oxygen atoms in total. The van der Waals surface area contributed by atoms with Gasteiger partial charge in [0.05, 0.1) is 12.7 Å². The van der Waals surface area contributed by atoms with Crippen LogP contribution < -0.4 is 0 Å². The van der Waals surface area contributed by atoms with Crippen LogP contribution in [0.15, 0.2) is 24.5 Å². The van der Waals surface area contributed by atoms with Crippen LogP contribution >= 0.6 is 0 Å². The second kappa shape index (κ2) is 10.3. The standard InChI is InChI=1S/C22H33N3O5/c1-30-14-2-8-22(16-26)15-25(13-7-19(22)27)21(29)18-5-11-24(12-6-18)20(28)17-3-9-23-10-4-17/h3-4,9-10,18-19,26-27H,2,5-8,11-16H2,1H3/t19-,22+/m1/s1. The maximum absolute atomic E-state index is 13.2. The van der Waals surface area contributed by atoms with E-state index in [9.17, 15) is 19.8 Å². The number of nitrogens with zero attached hydrogens (tertiary/aromatic N) is 3. The van der Waals surface area contributed by atoms with Gasteiger partial charge in [-0.15, -0.1) is 0 Å². The first-order valence-corrected chi connectivity index (χ1v) is 10.8. The van der Waals surface area contributed by atoms with Crippen molar-refractivity contribution < 1.29 is 24.5 Å². The van der Waals surface area contributed by atoms with Crippen LogP contribution in [0.4, 0.5) is 0 Å². The van der Waals surface area contributed by atoms with Crippen LogP contribution in [0, 0.1) is 11.3 Å². The van der Waals surface area contributed by atoms with Gasteiger partial charge in [0, 0.05) is 69.2 Å². The summed E-state index contributed by atoms with van der Waals surface area (Å²) >= 11 is 0. The van der Waals surface area contributed by atoms with E-state index in [0.717, 1.165) is 6.42 Å². The van der Waals surface area contributed by atoms with Crippen LogP contribution in [-0.4, -0.2) is 89.4 Å². The summed E-state index contributed by atoms with van der Waals surface area (Å²) in [7, 11) is 1.63. The van der Waals surface area contributed by atoms with Crippen LogP contribution in [0.5, 0.6) is 0 Å². The normalized spacial score (nSPS) is 25.4. The molecule has 1 aromatic rings. The van der Waals surface area contributed by atoms with Gasteiger partial charge in [-0.2, -0.15) is 0 Å². The lowest BCUT2D eigenvalue weighted by molar-refractivity contribution is -0.148. The number of methoxy groups -OCH3 is 1. The Morgan fingerprint density at radius 1 is 1.17 bits per heavy atom. The van der Waals surface area contributed by atoms with Gasteiger partial charge in [0.25, 0.3) is 5.91 Å². The number of pyridine rings is 1. The minimum atomic E-state index is -0.690. The lowest BCUT2D eigenvalue weighted by Crippen LogP contribution is -2.57. The van der Waals surface area contributed by atoms with Gasteiger partial charge >= 0.3 is 0 Å². The predicted molar refractivity (Wildman–Crippen MR) is 111 cm³/mol. The highest BCUT2D eigenvalue weighted by Crippen LogP contribution is 2.36. The number of carbonyl (C=O) groups excluding carboxylic acids is 2. The van der Waals surface area contributed by atoms with Crippen LogP contribution in [0.2, 0.25) is 0 Å². The molecule has 3 rings (SSSR count). The molecule has 0 saturated carbocycles. The number of piperidine rings is 2. The average Bonchev–Trinajstić information content (AvgIpc) is 2.80. The summed E-state index contributed by atoms with van der Waals surface area (Å²) < 4.78 is 5.11. The molecule has 2 N–H and O–H groups in total. The molecular formula is C22H33N3O5. The Morgan fingerprint density at radius 2 is 1.83 bits per heavy atom. The van der Waals surface area contributed by atoms with E-state index in [1.807, 2.05) is 0 Å². The number of carbonyl (C=O) groups is 2. The van der Waals surface area contributed by atoms with E-state index < -0.39 is 11.5 Å². The first kappa shape index (κ1) is 22.7. The van der Waals surface area contributed by atoms with Crippen LogP contribution in [0.1, 0.15) is 42.5 Å². The number of aliphatic hydroxyl groups is 2. The molecule has 0 bridgehead atoms.